The lowest BCUT2D eigenvalue weighted by atomic mass is 10.2. The second kappa shape index (κ2) is 9.15. The highest BCUT2D eigenvalue weighted by atomic mass is 32.2. The van der Waals surface area contributed by atoms with Crippen LogP contribution in [0.1, 0.15) is 23.2 Å². The van der Waals surface area contributed by atoms with Crippen LogP contribution >= 0.6 is 0 Å². The molecule has 1 aliphatic heterocycles. The Bertz CT molecular complexity index is 1190. The molecule has 32 heavy (non-hydrogen) atoms. The summed E-state index contributed by atoms with van der Waals surface area (Å²) in [6.07, 6.45) is 1.65. The maximum absolute atomic E-state index is 13.0. The Morgan fingerprint density at radius 1 is 1.16 bits per heavy atom. The van der Waals surface area contributed by atoms with Crippen molar-refractivity contribution in [3.63, 3.8) is 0 Å². The number of halogens is 1. The summed E-state index contributed by atoms with van der Waals surface area (Å²) in [6.45, 7) is 0.923. The van der Waals surface area contributed by atoms with Gasteiger partial charge in [0.2, 0.25) is 15.9 Å². The van der Waals surface area contributed by atoms with Crippen molar-refractivity contribution in [1.82, 2.24) is 14.5 Å². The van der Waals surface area contributed by atoms with E-state index < -0.39 is 21.7 Å². The molecule has 3 aromatic rings. The molecule has 0 radical (unpaired) electrons. The molecule has 2 aromatic carbocycles. The second-order valence-electron chi connectivity index (χ2n) is 7.32. The van der Waals surface area contributed by atoms with Crippen LogP contribution in [0.3, 0.4) is 0 Å². The van der Waals surface area contributed by atoms with Crippen LogP contribution in [0.4, 0.5) is 10.4 Å². The lowest BCUT2D eigenvalue weighted by Gasteiger charge is -2.20. The lowest BCUT2D eigenvalue weighted by molar-refractivity contribution is 0.0979. The van der Waals surface area contributed by atoms with E-state index in [1.807, 2.05) is 0 Å². The van der Waals surface area contributed by atoms with Crippen molar-refractivity contribution < 1.29 is 26.8 Å². The summed E-state index contributed by atoms with van der Waals surface area (Å²) in [4.78, 5) is 12.5. The Balaban J connectivity index is 1.41. The third-order valence-corrected chi connectivity index (χ3v) is 6.88. The van der Waals surface area contributed by atoms with Gasteiger partial charge in [-0.15, -0.1) is 5.10 Å². The summed E-state index contributed by atoms with van der Waals surface area (Å²) in [5.74, 6) is -0.822. The van der Waals surface area contributed by atoms with Crippen molar-refractivity contribution in [3.8, 4) is 11.5 Å². The number of nitrogens with one attached hydrogen (secondary N) is 1. The number of sulfonamides is 1. The van der Waals surface area contributed by atoms with Crippen LogP contribution in [0.5, 0.6) is 0 Å². The molecule has 0 aliphatic carbocycles. The summed E-state index contributed by atoms with van der Waals surface area (Å²) in [6, 6.07) is 10.9. The number of carbonyl (C=O) groups excluding carboxylic acids is 1. The number of hydrogen-bond donors (Lipinski definition) is 1. The van der Waals surface area contributed by atoms with Gasteiger partial charge >= 0.3 is 6.01 Å². The average Bonchev–Trinajstić information content (AvgIpc) is 3.46. The van der Waals surface area contributed by atoms with Gasteiger partial charge in [-0.3, -0.25) is 10.1 Å². The van der Waals surface area contributed by atoms with Gasteiger partial charge in [-0.25, -0.2) is 12.8 Å². The highest BCUT2D eigenvalue weighted by Gasteiger charge is 2.26. The number of benzene rings is 2. The van der Waals surface area contributed by atoms with E-state index in [-0.39, 0.29) is 35.0 Å². The highest BCUT2D eigenvalue weighted by Crippen LogP contribution is 2.22. The predicted molar refractivity (Wildman–Crippen MR) is 113 cm³/mol. The largest absolute Gasteiger partial charge is 0.403 e. The summed E-state index contributed by atoms with van der Waals surface area (Å²) < 4.78 is 50.7. The molecule has 1 amide bonds. The first-order chi connectivity index (χ1) is 15.3. The van der Waals surface area contributed by atoms with Crippen LogP contribution in [-0.2, 0) is 14.8 Å². The van der Waals surface area contributed by atoms with E-state index in [9.17, 15) is 17.6 Å². The molecule has 0 spiro atoms. The molecular weight excluding hydrogens is 439 g/mol. The number of aromatic nitrogens is 2. The smallest absolute Gasteiger partial charge is 0.322 e. The fourth-order valence-electron chi connectivity index (χ4n) is 3.28. The van der Waals surface area contributed by atoms with Gasteiger partial charge in [-0.1, -0.05) is 5.10 Å². The van der Waals surface area contributed by atoms with Gasteiger partial charge in [0, 0.05) is 31.3 Å². The summed E-state index contributed by atoms with van der Waals surface area (Å²) in [5.41, 5.74) is 0.716. The number of anilines is 1. The van der Waals surface area contributed by atoms with Crippen molar-refractivity contribution in [3.05, 3.63) is 59.9 Å². The van der Waals surface area contributed by atoms with Gasteiger partial charge in [0.25, 0.3) is 5.91 Å². The van der Waals surface area contributed by atoms with E-state index >= 15 is 0 Å². The van der Waals surface area contributed by atoms with Crippen molar-refractivity contribution in [1.29, 1.82) is 0 Å². The maximum Gasteiger partial charge on any atom is 0.322 e. The molecule has 2 heterocycles. The Hall–Kier alpha value is -3.15. The van der Waals surface area contributed by atoms with Crippen LogP contribution < -0.4 is 5.32 Å². The number of ether oxygens (including phenoxy) is 1. The van der Waals surface area contributed by atoms with Crippen LogP contribution in [0, 0.1) is 5.82 Å². The van der Waals surface area contributed by atoms with Gasteiger partial charge in [-0.2, -0.15) is 4.31 Å². The third-order valence-electron chi connectivity index (χ3n) is 5.05. The minimum atomic E-state index is -3.70. The number of amides is 1. The van der Waals surface area contributed by atoms with Gasteiger partial charge in [-0.05, 0) is 61.4 Å². The molecule has 0 bridgehead atoms. The standard InChI is InChI=1S/C21H21FN4O5S/c1-26(13-17-3-2-12-30-17)32(28,29)18-10-6-14(7-11-18)19(27)23-21-25-24-20(31-21)15-4-8-16(22)9-5-15/h4-11,17H,2-3,12-13H2,1H3,(H,23,25,27)/t17-/m1/s1. The lowest BCUT2D eigenvalue weighted by Crippen LogP contribution is -2.34. The predicted octanol–water partition coefficient (Wildman–Crippen LogP) is 2.93. The molecule has 1 N–H and O–H groups in total. The van der Waals surface area contributed by atoms with E-state index in [1.54, 1.807) is 0 Å². The van der Waals surface area contributed by atoms with Crippen LogP contribution in [0.25, 0.3) is 11.5 Å². The van der Waals surface area contributed by atoms with Crippen LogP contribution in [0.2, 0.25) is 0 Å². The van der Waals surface area contributed by atoms with Crippen molar-refractivity contribution in [2.24, 2.45) is 0 Å². The SMILES string of the molecule is CN(C[C@H]1CCCO1)S(=O)(=O)c1ccc(C(=O)Nc2nnc(-c3ccc(F)cc3)o2)cc1. The molecule has 0 unspecified atom stereocenters. The zero-order valence-electron chi connectivity index (χ0n) is 17.2. The quantitative estimate of drug-likeness (QED) is 0.576. The van der Waals surface area contributed by atoms with Crippen molar-refractivity contribution in [2.45, 2.75) is 23.8 Å². The first-order valence-electron chi connectivity index (χ1n) is 9.92. The summed E-state index contributed by atoms with van der Waals surface area (Å²) in [7, 11) is -2.20. The number of carbonyl (C=O) groups is 1. The first kappa shape index (κ1) is 22.1. The Morgan fingerprint density at radius 3 is 2.53 bits per heavy atom. The number of likely N-dealkylation sites (N-methyl/N-ethyl adjacent to an activating group) is 1. The molecule has 1 aromatic heterocycles. The van der Waals surface area contributed by atoms with E-state index in [0.29, 0.717) is 12.2 Å². The minimum absolute atomic E-state index is 0.0749. The zero-order valence-corrected chi connectivity index (χ0v) is 18.0. The highest BCUT2D eigenvalue weighted by molar-refractivity contribution is 7.89. The van der Waals surface area contributed by atoms with Gasteiger partial charge in [0.05, 0.1) is 11.0 Å². The van der Waals surface area contributed by atoms with Crippen LogP contribution in [-0.4, -0.2) is 55.1 Å². The molecule has 11 heteroatoms. The van der Waals surface area contributed by atoms with Crippen molar-refractivity contribution in [2.75, 3.05) is 25.5 Å². The van der Waals surface area contributed by atoms with Gasteiger partial charge < -0.3 is 9.15 Å². The van der Waals surface area contributed by atoms with Crippen LogP contribution in [0.15, 0.2) is 57.8 Å². The van der Waals surface area contributed by atoms with E-state index in [2.05, 4.69) is 15.5 Å². The fraction of sp³-hybridized carbons (Fsp3) is 0.286. The normalized spacial score (nSPS) is 16.4. The molecule has 1 fully saturated rings. The Labute approximate surface area is 184 Å². The number of hydrogen-bond acceptors (Lipinski definition) is 7. The van der Waals surface area contributed by atoms with Crippen molar-refractivity contribution >= 4 is 21.9 Å². The second-order valence-corrected chi connectivity index (χ2v) is 9.36. The molecule has 4 rings (SSSR count). The topological polar surface area (TPSA) is 115 Å². The molecule has 9 nitrogen and oxygen atoms in total. The first-order valence-corrected chi connectivity index (χ1v) is 11.4. The third kappa shape index (κ3) is 4.85. The Morgan fingerprint density at radius 2 is 1.88 bits per heavy atom. The number of nitrogens with zero attached hydrogens (tertiary/aromatic N) is 3. The van der Waals surface area contributed by atoms with Gasteiger partial charge in [0.15, 0.2) is 0 Å². The summed E-state index contributed by atoms with van der Waals surface area (Å²) >= 11 is 0. The molecule has 168 valence electrons. The molecular formula is C21H21FN4O5S. The zero-order chi connectivity index (χ0) is 22.7. The molecule has 1 aliphatic rings. The molecule has 1 saturated heterocycles. The average molecular weight is 460 g/mol. The molecule has 1 atom stereocenters. The van der Waals surface area contributed by atoms with Gasteiger partial charge in [0.1, 0.15) is 5.82 Å². The fourth-order valence-corrected chi connectivity index (χ4v) is 4.49. The monoisotopic (exact) mass is 460 g/mol. The summed E-state index contributed by atoms with van der Waals surface area (Å²) in [5, 5.41) is 10.0. The van der Waals surface area contributed by atoms with E-state index in [4.69, 9.17) is 9.15 Å². The van der Waals surface area contributed by atoms with E-state index in [1.165, 1.54) is 59.9 Å². The maximum atomic E-state index is 13.0. The molecule has 0 saturated carbocycles. The number of rotatable bonds is 7. The minimum Gasteiger partial charge on any atom is -0.403 e. The van der Waals surface area contributed by atoms with E-state index in [0.717, 1.165) is 12.8 Å². The Kier molecular flexibility index (Phi) is 6.31.